The molecule has 0 spiro atoms. The van der Waals surface area contributed by atoms with Crippen LogP contribution in [0.5, 0.6) is 0 Å². The van der Waals surface area contributed by atoms with Gasteiger partial charge in [0.2, 0.25) is 0 Å². The van der Waals surface area contributed by atoms with Gasteiger partial charge in [-0.05, 0) is 12.1 Å². The summed E-state index contributed by atoms with van der Waals surface area (Å²) in [7, 11) is 0. The van der Waals surface area contributed by atoms with Crippen molar-refractivity contribution in [1.82, 2.24) is 0 Å². The van der Waals surface area contributed by atoms with Crippen molar-refractivity contribution in [2.45, 2.75) is 0 Å². The zero-order valence-corrected chi connectivity index (χ0v) is 5.90. The number of hydrogen-bond donors (Lipinski definition) is 1. The molecule has 2 heteroatoms. The summed E-state index contributed by atoms with van der Waals surface area (Å²) in [5.41, 5.74) is 0.331. The second kappa shape index (κ2) is 5.07. The molecule has 1 aromatic carbocycles. The van der Waals surface area contributed by atoms with Crippen LogP contribution in [0.25, 0.3) is 0 Å². The third-order valence-corrected chi connectivity index (χ3v) is 1.02. The average molecular weight is 148 g/mol. The van der Waals surface area contributed by atoms with E-state index < -0.39 is 5.97 Å². The molecule has 1 rings (SSSR count). The van der Waals surface area contributed by atoms with Crippen molar-refractivity contribution >= 4 is 5.97 Å². The van der Waals surface area contributed by atoms with Gasteiger partial charge in [0.1, 0.15) is 0 Å². The van der Waals surface area contributed by atoms with Gasteiger partial charge in [0.25, 0.3) is 0 Å². The van der Waals surface area contributed by atoms with Crippen molar-refractivity contribution in [3.05, 3.63) is 35.9 Å². The summed E-state index contributed by atoms with van der Waals surface area (Å²) in [6, 6.07) is 8.30. The van der Waals surface area contributed by atoms with Crippen molar-refractivity contribution in [2.75, 3.05) is 0 Å². The first-order chi connectivity index (χ1) is 5.30. The third kappa shape index (κ3) is 3.07. The predicted octanol–water partition coefficient (Wildman–Crippen LogP) is 1.63. The molecule has 0 unspecified atom stereocenters. The Bertz CT molecular complexity index is 236. The summed E-state index contributed by atoms with van der Waals surface area (Å²) in [6.07, 6.45) is 8.00. The Morgan fingerprint density at radius 2 is 1.64 bits per heavy atom. The summed E-state index contributed by atoms with van der Waals surface area (Å²) in [4.78, 5) is 10.2. The summed E-state index contributed by atoms with van der Waals surface area (Å²) < 4.78 is 0. The van der Waals surface area contributed by atoms with Crippen LogP contribution in [-0.2, 0) is 0 Å². The first-order valence-corrected chi connectivity index (χ1v) is 2.92. The van der Waals surface area contributed by atoms with Crippen LogP contribution >= 0.6 is 0 Å². The molecule has 2 nitrogen and oxygen atoms in total. The molecule has 0 atom stereocenters. The largest absolute Gasteiger partial charge is 0.478 e. The molecule has 56 valence electrons. The maximum atomic E-state index is 10.2. The SMILES string of the molecule is C#C.O=C(O)c1ccccc1. The molecule has 11 heavy (non-hydrogen) atoms. The van der Waals surface area contributed by atoms with E-state index in [0.29, 0.717) is 5.56 Å². The minimum atomic E-state index is -0.879. The highest BCUT2D eigenvalue weighted by molar-refractivity contribution is 5.87. The van der Waals surface area contributed by atoms with E-state index in [4.69, 9.17) is 5.11 Å². The molecule has 1 aromatic rings. The van der Waals surface area contributed by atoms with Gasteiger partial charge in [-0.3, -0.25) is 0 Å². The van der Waals surface area contributed by atoms with Crippen LogP contribution in [0.1, 0.15) is 10.4 Å². The van der Waals surface area contributed by atoms with Crippen molar-refractivity contribution < 1.29 is 9.90 Å². The Hall–Kier alpha value is -1.75. The third-order valence-electron chi connectivity index (χ3n) is 1.02. The van der Waals surface area contributed by atoms with Gasteiger partial charge in [-0.2, -0.15) is 0 Å². The summed E-state index contributed by atoms with van der Waals surface area (Å²) >= 11 is 0. The van der Waals surface area contributed by atoms with Crippen LogP contribution in [0.2, 0.25) is 0 Å². The Kier molecular flexibility index (Phi) is 4.26. The monoisotopic (exact) mass is 148 g/mol. The summed E-state index contributed by atoms with van der Waals surface area (Å²) in [6.45, 7) is 0. The van der Waals surface area contributed by atoms with Crippen molar-refractivity contribution in [3.8, 4) is 12.8 Å². The number of carboxylic acid groups (broad SMARTS) is 1. The second-order valence-corrected chi connectivity index (χ2v) is 1.67. The van der Waals surface area contributed by atoms with Crippen molar-refractivity contribution in [2.24, 2.45) is 0 Å². The maximum Gasteiger partial charge on any atom is 0.335 e. The van der Waals surface area contributed by atoms with E-state index in [1.165, 1.54) is 0 Å². The highest BCUT2D eigenvalue weighted by Gasteiger charge is 1.96. The van der Waals surface area contributed by atoms with Crippen molar-refractivity contribution in [3.63, 3.8) is 0 Å². The first-order valence-electron chi connectivity index (χ1n) is 2.92. The zero-order chi connectivity index (χ0) is 8.69. The van der Waals surface area contributed by atoms with Crippen LogP contribution < -0.4 is 0 Å². The topological polar surface area (TPSA) is 37.3 Å². The summed E-state index contributed by atoms with van der Waals surface area (Å²) in [5, 5.41) is 8.38. The normalized spacial score (nSPS) is 7.45. The van der Waals surface area contributed by atoms with Crippen LogP contribution in [0.15, 0.2) is 30.3 Å². The lowest BCUT2D eigenvalue weighted by Gasteiger charge is -1.88. The molecule has 0 saturated heterocycles. The molecule has 0 radical (unpaired) electrons. The lowest BCUT2D eigenvalue weighted by molar-refractivity contribution is 0.0697. The van der Waals surface area contributed by atoms with E-state index >= 15 is 0 Å². The fraction of sp³-hybridized carbons (Fsp3) is 0. The molecule has 0 fully saturated rings. The number of hydrogen-bond acceptors (Lipinski definition) is 1. The smallest absolute Gasteiger partial charge is 0.335 e. The molecule has 0 saturated carbocycles. The van der Waals surface area contributed by atoms with Crippen LogP contribution in [0, 0.1) is 12.8 Å². The lowest BCUT2D eigenvalue weighted by Crippen LogP contribution is -1.93. The fourth-order valence-corrected chi connectivity index (χ4v) is 0.581. The van der Waals surface area contributed by atoms with Gasteiger partial charge >= 0.3 is 5.97 Å². The highest BCUT2D eigenvalue weighted by Crippen LogP contribution is 1.96. The Morgan fingerprint density at radius 3 is 1.91 bits per heavy atom. The molecule has 0 heterocycles. The van der Waals surface area contributed by atoms with Gasteiger partial charge in [-0.25, -0.2) is 4.79 Å². The standard InChI is InChI=1S/C7H6O2.C2H2/c8-7(9)6-4-2-1-3-5-6;1-2/h1-5H,(H,8,9);1-2H. The molecule has 0 aromatic heterocycles. The molecule has 0 aliphatic heterocycles. The number of carbonyl (C=O) groups is 1. The van der Waals surface area contributed by atoms with Gasteiger partial charge < -0.3 is 5.11 Å². The van der Waals surface area contributed by atoms with Gasteiger partial charge in [-0.15, -0.1) is 12.8 Å². The van der Waals surface area contributed by atoms with E-state index in [9.17, 15) is 4.79 Å². The maximum absolute atomic E-state index is 10.2. The highest BCUT2D eigenvalue weighted by atomic mass is 16.4. The first kappa shape index (κ1) is 9.25. The molecule has 1 N–H and O–H groups in total. The average Bonchev–Trinajstić information content (AvgIpc) is 2.10. The minimum absolute atomic E-state index is 0.331. The molecule has 0 aliphatic rings. The van der Waals surface area contributed by atoms with E-state index in [0.717, 1.165) is 0 Å². The Morgan fingerprint density at radius 1 is 1.18 bits per heavy atom. The van der Waals surface area contributed by atoms with Crippen LogP contribution in [-0.4, -0.2) is 11.1 Å². The van der Waals surface area contributed by atoms with Crippen LogP contribution in [0.3, 0.4) is 0 Å². The van der Waals surface area contributed by atoms with Gasteiger partial charge in [-0.1, -0.05) is 18.2 Å². The van der Waals surface area contributed by atoms with E-state index in [2.05, 4.69) is 12.8 Å². The second-order valence-electron chi connectivity index (χ2n) is 1.67. The molecule has 0 amide bonds. The quantitative estimate of drug-likeness (QED) is 0.614. The van der Waals surface area contributed by atoms with Crippen LogP contribution in [0.4, 0.5) is 0 Å². The van der Waals surface area contributed by atoms with E-state index in [1.807, 2.05) is 0 Å². The number of rotatable bonds is 1. The number of terminal acetylenes is 1. The number of benzene rings is 1. The molecule has 0 aliphatic carbocycles. The van der Waals surface area contributed by atoms with Gasteiger partial charge in [0.15, 0.2) is 0 Å². The van der Waals surface area contributed by atoms with Gasteiger partial charge in [0, 0.05) is 0 Å². The number of aromatic carboxylic acids is 1. The zero-order valence-electron chi connectivity index (χ0n) is 5.90. The van der Waals surface area contributed by atoms with E-state index in [-0.39, 0.29) is 0 Å². The van der Waals surface area contributed by atoms with E-state index in [1.54, 1.807) is 30.3 Å². The lowest BCUT2D eigenvalue weighted by atomic mass is 10.2. The molecule has 0 bridgehead atoms. The Labute approximate surface area is 65.5 Å². The predicted molar refractivity (Wildman–Crippen MR) is 43.3 cm³/mol. The number of carboxylic acids is 1. The summed E-state index contributed by atoms with van der Waals surface area (Å²) in [5.74, 6) is -0.879. The Balaban J connectivity index is 0.000000461. The minimum Gasteiger partial charge on any atom is -0.478 e. The van der Waals surface area contributed by atoms with Gasteiger partial charge in [0.05, 0.1) is 5.56 Å². The molecular formula is C9H8O2. The van der Waals surface area contributed by atoms with Crippen molar-refractivity contribution in [1.29, 1.82) is 0 Å². The fourth-order valence-electron chi connectivity index (χ4n) is 0.581. The molecular weight excluding hydrogens is 140 g/mol.